The summed E-state index contributed by atoms with van der Waals surface area (Å²) in [4.78, 5) is 97.1. The molecule has 0 spiro atoms. The second-order valence-corrected chi connectivity index (χ2v) is 26.7. The predicted octanol–water partition coefficient (Wildman–Crippen LogP) is 18.1. The lowest BCUT2D eigenvalue weighted by atomic mass is 9.81. The standard InChI is InChI=1S/2C28H23F3N4O2.C26H20N4O3/c1-16-7-10-18(11-8-16)34-25(36)21-13-17(9-12-22(21)28(29,30)31)20-5-4-6-23-24(20)27(2,3)26(37)35(23)19-14-32-33-15-19;1-16-7-10-18(11-8-16)34-24(36)20-15-17(9-12-21(20)28(29,30)31)19-5-4-6-22-23(19)27(2,3)25(37)35(22)26-32-13-14-33-26;1-16-7-11-19(12-8-16)29-24(31)21-15-18(10-9-17(21)2)20-5-3-6-22-23(20)33-26(32)30(22)25-27-13-4-14-28-25/h2*4-15H,1-3H3,(H,32,33)(H,34,36);3-15H,1-2H3,(H,29,31). The zero-order valence-electron chi connectivity index (χ0n) is 58.6. The molecule has 2 aliphatic heterocycles. The Morgan fingerprint density at radius 2 is 0.925 bits per heavy atom. The summed E-state index contributed by atoms with van der Waals surface area (Å²) in [5, 5.41) is 14.7. The summed E-state index contributed by atoms with van der Waals surface area (Å²) in [6, 6.07) is 51.4. The van der Waals surface area contributed by atoms with E-state index in [1.54, 1.807) is 150 Å². The number of aromatic amines is 2. The SMILES string of the molecule is Cc1ccc(NC(=O)c2cc(-c3cccc4c3C(C)(C)C(=O)N4c3cn[nH]c3)ccc2C(F)(F)F)cc1.Cc1ccc(NC(=O)c2cc(-c3cccc4c3C(C)(C)C(=O)N4c3ncc[nH]3)ccc2C(F)(F)F)cc1.Cc1ccc(NC(=O)c2cc(-c3cccc4c3oc(=O)n4-c3ncccn3)ccc2C)cc1. The van der Waals surface area contributed by atoms with Crippen molar-refractivity contribution in [1.29, 1.82) is 0 Å². The molecule has 15 rings (SSSR count). The van der Waals surface area contributed by atoms with Crippen molar-refractivity contribution < 1.29 is 54.7 Å². The molecule has 0 saturated heterocycles. The molecule has 2 aliphatic rings. The van der Waals surface area contributed by atoms with E-state index in [1.807, 2.05) is 82.3 Å². The molecule has 5 N–H and O–H groups in total. The second-order valence-electron chi connectivity index (χ2n) is 26.7. The summed E-state index contributed by atoms with van der Waals surface area (Å²) in [5.74, 6) is -2.37. The number of carbonyl (C=O) groups excluding carboxylic acids is 5. The first-order valence-corrected chi connectivity index (χ1v) is 33.5. The molecule has 5 amide bonds. The van der Waals surface area contributed by atoms with E-state index in [2.05, 4.69) is 46.1 Å². The van der Waals surface area contributed by atoms with Gasteiger partial charge >= 0.3 is 18.1 Å². The van der Waals surface area contributed by atoms with E-state index in [4.69, 9.17) is 4.42 Å². The highest BCUT2D eigenvalue weighted by Crippen LogP contribution is 2.52. The van der Waals surface area contributed by atoms with Crippen LogP contribution in [0.1, 0.15) is 103 Å². The second kappa shape index (κ2) is 28.4. The molecule has 0 radical (unpaired) electrons. The Labute approximate surface area is 608 Å². The van der Waals surface area contributed by atoms with Gasteiger partial charge in [0.2, 0.25) is 23.7 Å². The minimum Gasteiger partial charge on any atom is -0.407 e. The van der Waals surface area contributed by atoms with Crippen molar-refractivity contribution in [2.75, 3.05) is 25.8 Å². The average Bonchev–Trinajstić information content (AvgIpc) is 1.59. The molecule has 19 nitrogen and oxygen atoms in total. The normalized spacial score (nSPS) is 13.4. The van der Waals surface area contributed by atoms with E-state index in [0.29, 0.717) is 90.0 Å². The van der Waals surface area contributed by atoms with Gasteiger partial charge in [0.15, 0.2) is 5.58 Å². The molecule has 0 bridgehead atoms. The number of halogens is 6. The fraction of sp³-hybridized carbons (Fsp3) is 0.146. The number of carbonyl (C=O) groups is 5. The molecule has 538 valence electrons. The zero-order chi connectivity index (χ0) is 76.0. The third kappa shape index (κ3) is 14.2. The Bertz CT molecular complexity index is 5430. The van der Waals surface area contributed by atoms with Crippen LogP contribution in [0.2, 0.25) is 0 Å². The average molecular weight is 1450 g/mol. The molecular weight excluding hydrogens is 1380 g/mol. The summed E-state index contributed by atoms with van der Waals surface area (Å²) in [5.41, 5.74) is 8.21. The smallest absolute Gasteiger partial charge is 0.407 e. The van der Waals surface area contributed by atoms with Gasteiger partial charge in [-0.3, -0.25) is 34.0 Å². The number of rotatable bonds is 12. The van der Waals surface area contributed by atoms with Crippen molar-refractivity contribution in [3.63, 3.8) is 0 Å². The Morgan fingerprint density at radius 3 is 1.39 bits per heavy atom. The molecule has 0 fully saturated rings. The van der Waals surface area contributed by atoms with Gasteiger partial charge in [0.05, 0.1) is 61.9 Å². The van der Waals surface area contributed by atoms with E-state index in [9.17, 15) is 55.1 Å². The van der Waals surface area contributed by atoms with Crippen molar-refractivity contribution in [1.82, 2.24) is 34.7 Å². The monoisotopic (exact) mass is 1440 g/mol. The number of anilines is 7. The minimum absolute atomic E-state index is 0.194. The van der Waals surface area contributed by atoms with Crippen molar-refractivity contribution >= 4 is 80.7 Å². The van der Waals surface area contributed by atoms with E-state index in [0.717, 1.165) is 45.6 Å². The van der Waals surface area contributed by atoms with Crippen molar-refractivity contribution in [3.8, 4) is 39.3 Å². The third-order valence-electron chi connectivity index (χ3n) is 18.6. The van der Waals surface area contributed by atoms with E-state index < -0.39 is 63.0 Å². The highest BCUT2D eigenvalue weighted by molar-refractivity contribution is 6.16. The van der Waals surface area contributed by atoms with Gasteiger partial charge in [-0.05, 0) is 191 Å². The number of hydrogen-bond acceptors (Lipinski definition) is 11. The van der Waals surface area contributed by atoms with Gasteiger partial charge in [-0.2, -0.15) is 31.4 Å². The molecular formula is C82H66F6N12O7. The van der Waals surface area contributed by atoms with E-state index in [1.165, 1.54) is 51.0 Å². The Kier molecular flexibility index (Phi) is 19.1. The maximum atomic E-state index is 13.9. The van der Waals surface area contributed by atoms with Crippen LogP contribution in [0.3, 0.4) is 0 Å². The lowest BCUT2D eigenvalue weighted by Crippen LogP contribution is -2.33. The summed E-state index contributed by atoms with van der Waals surface area (Å²) < 4.78 is 90.3. The van der Waals surface area contributed by atoms with Crippen LogP contribution >= 0.6 is 0 Å². The zero-order valence-corrected chi connectivity index (χ0v) is 58.6. The highest BCUT2D eigenvalue weighted by atomic mass is 19.4. The number of aryl methyl sites for hydroxylation is 4. The summed E-state index contributed by atoms with van der Waals surface area (Å²) in [6.45, 7) is 14.7. The van der Waals surface area contributed by atoms with Gasteiger partial charge < -0.3 is 25.4 Å². The van der Waals surface area contributed by atoms with Crippen LogP contribution in [0.4, 0.5) is 66.4 Å². The van der Waals surface area contributed by atoms with Gasteiger partial charge in [0.25, 0.3) is 17.7 Å². The number of alkyl halides is 6. The first-order valence-electron chi connectivity index (χ1n) is 33.5. The van der Waals surface area contributed by atoms with Crippen LogP contribution in [-0.4, -0.2) is 64.2 Å². The molecule has 0 saturated carbocycles. The number of H-pyrrole nitrogens is 2. The molecule has 25 heteroatoms. The number of hydrogen-bond donors (Lipinski definition) is 5. The highest BCUT2D eigenvalue weighted by Gasteiger charge is 2.49. The predicted molar refractivity (Wildman–Crippen MR) is 396 cm³/mol. The minimum atomic E-state index is -4.73. The fourth-order valence-corrected chi connectivity index (χ4v) is 13.1. The molecule has 4 aromatic heterocycles. The molecule has 0 atom stereocenters. The number of amides is 5. The van der Waals surface area contributed by atoms with Crippen LogP contribution in [0.25, 0.3) is 50.4 Å². The molecule has 107 heavy (non-hydrogen) atoms. The molecule has 9 aromatic carbocycles. The molecule has 6 heterocycles. The van der Waals surface area contributed by atoms with Gasteiger partial charge in [-0.1, -0.05) is 114 Å². The van der Waals surface area contributed by atoms with Crippen molar-refractivity contribution in [2.45, 2.75) is 78.6 Å². The number of imidazole rings is 1. The topological polar surface area (TPSA) is 246 Å². The molecule has 13 aromatic rings. The summed E-state index contributed by atoms with van der Waals surface area (Å²) in [6.07, 6.45) is -0.0685. The van der Waals surface area contributed by atoms with Gasteiger partial charge in [0, 0.05) is 59.2 Å². The number of nitrogens with zero attached hydrogens (tertiary/aromatic N) is 7. The molecule has 0 unspecified atom stereocenters. The van der Waals surface area contributed by atoms with Gasteiger partial charge in [0.1, 0.15) is 0 Å². The number of nitrogens with one attached hydrogen (secondary N) is 5. The van der Waals surface area contributed by atoms with Crippen LogP contribution in [0.5, 0.6) is 0 Å². The Hall–Kier alpha value is -13.3. The number of aromatic nitrogens is 7. The number of fused-ring (bicyclic) bond motifs is 3. The summed E-state index contributed by atoms with van der Waals surface area (Å²) >= 11 is 0. The lowest BCUT2D eigenvalue weighted by Gasteiger charge is -2.21. The summed E-state index contributed by atoms with van der Waals surface area (Å²) in [7, 11) is 0. The number of para-hydroxylation sites is 1. The Balaban J connectivity index is 0.000000142. The first kappa shape index (κ1) is 72.0. The van der Waals surface area contributed by atoms with E-state index in [-0.39, 0.29) is 23.7 Å². The number of benzene rings is 9. The van der Waals surface area contributed by atoms with Gasteiger partial charge in [-0.25, -0.2) is 29.2 Å². The van der Waals surface area contributed by atoms with Crippen molar-refractivity contribution in [3.05, 3.63) is 297 Å². The van der Waals surface area contributed by atoms with Gasteiger partial charge in [-0.15, -0.1) is 0 Å². The van der Waals surface area contributed by atoms with Crippen LogP contribution < -0.4 is 31.5 Å². The maximum Gasteiger partial charge on any atom is 0.427 e. The maximum absolute atomic E-state index is 13.9. The van der Waals surface area contributed by atoms with Crippen LogP contribution in [-0.2, 0) is 32.8 Å². The first-order chi connectivity index (χ1) is 51.0. The largest absolute Gasteiger partial charge is 0.427 e. The van der Waals surface area contributed by atoms with Crippen LogP contribution in [0.15, 0.2) is 234 Å². The lowest BCUT2D eigenvalue weighted by molar-refractivity contribution is -0.138. The third-order valence-corrected chi connectivity index (χ3v) is 18.6. The number of oxazole rings is 1. The molecule has 0 aliphatic carbocycles. The Morgan fingerprint density at radius 1 is 0.486 bits per heavy atom. The quantitative estimate of drug-likeness (QED) is 0.0720. The fourth-order valence-electron chi connectivity index (χ4n) is 13.1. The van der Waals surface area contributed by atoms with Crippen LogP contribution in [0, 0.1) is 27.7 Å². The van der Waals surface area contributed by atoms with E-state index >= 15 is 0 Å². The van der Waals surface area contributed by atoms with Crippen molar-refractivity contribution in [2.24, 2.45) is 0 Å².